The molecule has 2 aromatic rings. The molecule has 0 aliphatic rings. The average molecular weight is 285 g/mol. The highest BCUT2D eigenvalue weighted by molar-refractivity contribution is 5.66. The van der Waals surface area contributed by atoms with E-state index in [-0.39, 0.29) is 12.7 Å². The highest BCUT2D eigenvalue weighted by Crippen LogP contribution is 2.15. The number of hydrogen-bond acceptors (Lipinski definition) is 3. The van der Waals surface area contributed by atoms with Crippen molar-refractivity contribution in [3.05, 3.63) is 65.7 Å². The van der Waals surface area contributed by atoms with Crippen molar-refractivity contribution in [2.75, 3.05) is 14.1 Å². The predicted octanol–water partition coefficient (Wildman–Crippen LogP) is 3.46. The Morgan fingerprint density at radius 1 is 0.905 bits per heavy atom. The molecule has 0 atom stereocenters. The third-order valence-corrected chi connectivity index (χ3v) is 2.90. The summed E-state index contributed by atoms with van der Waals surface area (Å²) in [7, 11) is 3.31. The van der Waals surface area contributed by atoms with E-state index in [1.54, 1.807) is 14.1 Å². The van der Waals surface area contributed by atoms with E-state index in [0.717, 1.165) is 16.9 Å². The summed E-state index contributed by atoms with van der Waals surface area (Å²) in [5, 5.41) is 0. The Hall–Kier alpha value is -2.49. The van der Waals surface area contributed by atoms with Gasteiger partial charge in [0.25, 0.3) is 0 Å². The topological polar surface area (TPSA) is 38.8 Å². The van der Waals surface area contributed by atoms with Gasteiger partial charge in [0.05, 0.1) is 0 Å². The van der Waals surface area contributed by atoms with Gasteiger partial charge in [-0.1, -0.05) is 42.5 Å². The number of carbonyl (C=O) groups excluding carboxylic acids is 1. The molecular weight excluding hydrogens is 266 g/mol. The first kappa shape index (κ1) is 14.9. The summed E-state index contributed by atoms with van der Waals surface area (Å²) in [5.41, 5.74) is 2.05. The van der Waals surface area contributed by atoms with E-state index in [4.69, 9.17) is 9.47 Å². The van der Waals surface area contributed by atoms with Crippen LogP contribution in [0.15, 0.2) is 54.6 Å². The fourth-order valence-electron chi connectivity index (χ4n) is 1.70. The second-order valence-corrected chi connectivity index (χ2v) is 4.87. The summed E-state index contributed by atoms with van der Waals surface area (Å²) in [6, 6.07) is 17.5. The van der Waals surface area contributed by atoms with Crippen LogP contribution in [0.5, 0.6) is 5.75 Å². The van der Waals surface area contributed by atoms with E-state index in [1.807, 2.05) is 54.6 Å². The first-order chi connectivity index (χ1) is 10.1. The molecule has 1 amide bonds. The van der Waals surface area contributed by atoms with Gasteiger partial charge in [0.15, 0.2) is 0 Å². The molecule has 2 rings (SSSR count). The Labute approximate surface area is 124 Å². The summed E-state index contributed by atoms with van der Waals surface area (Å²) in [5.74, 6) is 0.793. The molecule has 0 bridgehead atoms. The molecule has 0 aromatic heterocycles. The molecule has 0 N–H and O–H groups in total. The molecule has 0 unspecified atom stereocenters. The molecule has 0 saturated carbocycles. The van der Waals surface area contributed by atoms with Gasteiger partial charge in [-0.2, -0.15) is 0 Å². The lowest BCUT2D eigenvalue weighted by atomic mass is 10.2. The molecule has 0 aliphatic carbocycles. The molecule has 0 heterocycles. The zero-order valence-electron chi connectivity index (χ0n) is 12.3. The fourth-order valence-corrected chi connectivity index (χ4v) is 1.70. The normalized spacial score (nSPS) is 10.0. The Morgan fingerprint density at radius 2 is 1.52 bits per heavy atom. The van der Waals surface area contributed by atoms with E-state index < -0.39 is 0 Å². The van der Waals surface area contributed by atoms with Crippen LogP contribution in [-0.4, -0.2) is 25.1 Å². The second-order valence-electron chi connectivity index (χ2n) is 4.87. The van der Waals surface area contributed by atoms with Crippen LogP contribution in [0.2, 0.25) is 0 Å². The average Bonchev–Trinajstić information content (AvgIpc) is 2.52. The van der Waals surface area contributed by atoms with Crippen LogP contribution in [0.4, 0.5) is 4.79 Å². The fraction of sp³-hybridized carbons (Fsp3) is 0.235. The summed E-state index contributed by atoms with van der Waals surface area (Å²) in [6.07, 6.45) is -0.348. The van der Waals surface area contributed by atoms with E-state index in [2.05, 4.69) is 0 Å². The summed E-state index contributed by atoms with van der Waals surface area (Å²) in [4.78, 5) is 12.7. The Balaban J connectivity index is 1.83. The molecule has 2 aromatic carbocycles. The van der Waals surface area contributed by atoms with Gasteiger partial charge in [-0.25, -0.2) is 4.79 Å². The van der Waals surface area contributed by atoms with E-state index in [9.17, 15) is 4.79 Å². The van der Waals surface area contributed by atoms with Gasteiger partial charge in [-0.15, -0.1) is 0 Å². The third kappa shape index (κ3) is 4.84. The van der Waals surface area contributed by atoms with Crippen molar-refractivity contribution in [2.45, 2.75) is 13.2 Å². The molecule has 0 saturated heterocycles. The quantitative estimate of drug-likeness (QED) is 0.844. The lowest BCUT2D eigenvalue weighted by molar-refractivity contribution is 0.112. The Morgan fingerprint density at radius 3 is 2.14 bits per heavy atom. The smallest absolute Gasteiger partial charge is 0.409 e. The molecule has 0 radical (unpaired) electrons. The summed E-state index contributed by atoms with van der Waals surface area (Å²) < 4.78 is 10.8. The maximum Gasteiger partial charge on any atom is 0.409 e. The molecular formula is C17H19NO3. The van der Waals surface area contributed by atoms with Gasteiger partial charge in [0.1, 0.15) is 19.0 Å². The van der Waals surface area contributed by atoms with Crippen molar-refractivity contribution >= 4 is 6.09 Å². The molecule has 4 nitrogen and oxygen atoms in total. The lowest BCUT2D eigenvalue weighted by Crippen LogP contribution is -2.22. The number of amides is 1. The maximum absolute atomic E-state index is 11.3. The van der Waals surface area contributed by atoms with Crippen molar-refractivity contribution < 1.29 is 14.3 Å². The third-order valence-electron chi connectivity index (χ3n) is 2.90. The van der Waals surface area contributed by atoms with Gasteiger partial charge >= 0.3 is 6.09 Å². The molecule has 0 aliphatic heterocycles. The van der Waals surface area contributed by atoms with Gasteiger partial charge in [-0.3, -0.25) is 0 Å². The van der Waals surface area contributed by atoms with Gasteiger partial charge in [0, 0.05) is 14.1 Å². The highest BCUT2D eigenvalue weighted by Gasteiger charge is 2.04. The number of nitrogens with zero attached hydrogens (tertiary/aromatic N) is 1. The van der Waals surface area contributed by atoms with Crippen LogP contribution in [0, 0.1) is 0 Å². The van der Waals surface area contributed by atoms with Crippen LogP contribution >= 0.6 is 0 Å². The minimum Gasteiger partial charge on any atom is -0.489 e. The van der Waals surface area contributed by atoms with E-state index >= 15 is 0 Å². The number of carbonyl (C=O) groups is 1. The number of rotatable bonds is 5. The standard InChI is InChI=1S/C17H19NO3/c1-18(2)17(19)21-13-15-8-10-16(11-9-15)20-12-14-6-4-3-5-7-14/h3-11H,12-13H2,1-2H3. The van der Waals surface area contributed by atoms with Gasteiger partial charge in [0.2, 0.25) is 0 Å². The van der Waals surface area contributed by atoms with E-state index in [1.165, 1.54) is 4.90 Å². The zero-order chi connectivity index (χ0) is 15.1. The van der Waals surface area contributed by atoms with Crippen LogP contribution in [0.3, 0.4) is 0 Å². The molecule has 21 heavy (non-hydrogen) atoms. The van der Waals surface area contributed by atoms with Crippen molar-refractivity contribution in [1.82, 2.24) is 4.90 Å². The summed E-state index contributed by atoms with van der Waals surface area (Å²) in [6.45, 7) is 0.797. The van der Waals surface area contributed by atoms with E-state index in [0.29, 0.717) is 6.61 Å². The van der Waals surface area contributed by atoms with Crippen LogP contribution in [0.25, 0.3) is 0 Å². The highest BCUT2D eigenvalue weighted by atomic mass is 16.6. The summed E-state index contributed by atoms with van der Waals surface area (Å²) >= 11 is 0. The first-order valence-electron chi connectivity index (χ1n) is 6.75. The van der Waals surface area contributed by atoms with Crippen LogP contribution in [-0.2, 0) is 18.0 Å². The molecule has 4 heteroatoms. The Bertz CT molecular complexity index is 564. The first-order valence-corrected chi connectivity index (χ1v) is 6.75. The zero-order valence-corrected chi connectivity index (χ0v) is 12.3. The SMILES string of the molecule is CN(C)C(=O)OCc1ccc(OCc2ccccc2)cc1. The largest absolute Gasteiger partial charge is 0.489 e. The number of hydrogen-bond donors (Lipinski definition) is 0. The van der Waals surface area contributed by atoms with Crippen LogP contribution in [0.1, 0.15) is 11.1 Å². The number of ether oxygens (including phenoxy) is 2. The number of benzene rings is 2. The van der Waals surface area contributed by atoms with Crippen LogP contribution < -0.4 is 4.74 Å². The molecule has 0 spiro atoms. The lowest BCUT2D eigenvalue weighted by Gasteiger charge is -2.11. The van der Waals surface area contributed by atoms with Gasteiger partial charge in [-0.05, 0) is 23.3 Å². The van der Waals surface area contributed by atoms with Crippen molar-refractivity contribution in [1.29, 1.82) is 0 Å². The maximum atomic E-state index is 11.3. The Kier molecular flexibility index (Phi) is 5.21. The predicted molar refractivity (Wildman–Crippen MR) is 81.1 cm³/mol. The van der Waals surface area contributed by atoms with Gasteiger partial charge < -0.3 is 14.4 Å². The van der Waals surface area contributed by atoms with Crippen molar-refractivity contribution in [2.24, 2.45) is 0 Å². The second kappa shape index (κ2) is 7.33. The monoisotopic (exact) mass is 285 g/mol. The minimum atomic E-state index is -0.348. The van der Waals surface area contributed by atoms with Crippen molar-refractivity contribution in [3.8, 4) is 5.75 Å². The molecule has 0 fully saturated rings. The van der Waals surface area contributed by atoms with Crippen molar-refractivity contribution in [3.63, 3.8) is 0 Å². The minimum absolute atomic E-state index is 0.260. The molecule has 110 valence electrons.